The summed E-state index contributed by atoms with van der Waals surface area (Å²) in [5, 5.41) is 9.56. The second-order valence-electron chi connectivity index (χ2n) is 6.21. The van der Waals surface area contributed by atoms with Gasteiger partial charge in [0, 0.05) is 32.2 Å². The predicted octanol–water partition coefficient (Wildman–Crippen LogP) is 1.61. The van der Waals surface area contributed by atoms with Crippen molar-refractivity contribution in [3.05, 3.63) is 29.3 Å². The molecule has 2 rings (SSSR count). The summed E-state index contributed by atoms with van der Waals surface area (Å²) in [5.41, 5.74) is -0.601. The van der Waals surface area contributed by atoms with Crippen LogP contribution in [0.5, 0.6) is 5.75 Å². The Balaban J connectivity index is 2.22. The number of carbonyl (C=O) groups is 1. The van der Waals surface area contributed by atoms with Gasteiger partial charge in [0.05, 0.1) is 7.11 Å². The summed E-state index contributed by atoms with van der Waals surface area (Å²) >= 11 is 0. The molecule has 0 unspecified atom stereocenters. The Morgan fingerprint density at radius 2 is 2.04 bits per heavy atom. The van der Waals surface area contributed by atoms with Crippen molar-refractivity contribution in [1.29, 1.82) is 0 Å². The summed E-state index contributed by atoms with van der Waals surface area (Å²) in [7, 11) is 3.22. The Morgan fingerprint density at radius 3 is 2.62 bits per heavy atom. The molecule has 1 N–H and O–H groups in total. The molecule has 1 amide bonds. The number of halogens is 2. The number of methoxy groups -OCH3 is 1. The summed E-state index contributed by atoms with van der Waals surface area (Å²) in [4.78, 5) is 16.1. The SMILES string of the molecule is CCN(C)C[C@@H]1CN(C(=O)c2c(F)ccc(OC)c2F)C[C@@H]1CO. The minimum atomic E-state index is -0.989. The number of nitrogens with zero attached hydrogens (tertiary/aromatic N) is 2. The lowest BCUT2D eigenvalue weighted by Gasteiger charge is -2.22. The van der Waals surface area contributed by atoms with Gasteiger partial charge in [0.2, 0.25) is 0 Å². The molecule has 1 heterocycles. The zero-order valence-corrected chi connectivity index (χ0v) is 14.3. The van der Waals surface area contributed by atoms with Gasteiger partial charge >= 0.3 is 0 Å². The van der Waals surface area contributed by atoms with E-state index in [9.17, 15) is 18.7 Å². The maximum atomic E-state index is 14.3. The van der Waals surface area contributed by atoms with Crippen molar-refractivity contribution in [2.75, 3.05) is 46.9 Å². The van der Waals surface area contributed by atoms with Gasteiger partial charge in [-0.2, -0.15) is 0 Å². The highest BCUT2D eigenvalue weighted by molar-refractivity contribution is 5.95. The van der Waals surface area contributed by atoms with Crippen molar-refractivity contribution < 1.29 is 23.4 Å². The largest absolute Gasteiger partial charge is 0.494 e. The van der Waals surface area contributed by atoms with E-state index in [1.54, 1.807) is 0 Å². The van der Waals surface area contributed by atoms with E-state index < -0.39 is 23.1 Å². The average molecular weight is 342 g/mol. The first kappa shape index (κ1) is 18.6. The molecular weight excluding hydrogens is 318 g/mol. The quantitative estimate of drug-likeness (QED) is 0.853. The number of hydrogen-bond donors (Lipinski definition) is 1. The van der Waals surface area contributed by atoms with E-state index in [1.807, 2.05) is 14.0 Å². The minimum Gasteiger partial charge on any atom is -0.494 e. The lowest BCUT2D eigenvalue weighted by molar-refractivity contribution is 0.0768. The number of benzene rings is 1. The Kier molecular flexibility index (Phi) is 6.12. The number of amides is 1. The van der Waals surface area contributed by atoms with E-state index in [0.717, 1.165) is 18.7 Å². The van der Waals surface area contributed by atoms with E-state index in [0.29, 0.717) is 13.1 Å². The molecule has 0 saturated carbocycles. The second kappa shape index (κ2) is 7.90. The van der Waals surface area contributed by atoms with Gasteiger partial charge in [0.15, 0.2) is 11.6 Å². The van der Waals surface area contributed by atoms with Crippen molar-refractivity contribution in [3.8, 4) is 5.75 Å². The molecule has 0 aromatic heterocycles. The summed E-state index contributed by atoms with van der Waals surface area (Å²) < 4.78 is 33.1. The highest BCUT2D eigenvalue weighted by Gasteiger charge is 2.37. The molecule has 0 aliphatic carbocycles. The van der Waals surface area contributed by atoms with Crippen LogP contribution in [0.4, 0.5) is 8.78 Å². The number of carbonyl (C=O) groups excluding carboxylic acids is 1. The molecule has 5 nitrogen and oxygen atoms in total. The number of aliphatic hydroxyl groups is 1. The summed E-state index contributed by atoms with van der Waals surface area (Å²) in [5.74, 6) is -2.80. The number of aliphatic hydroxyl groups excluding tert-OH is 1. The molecule has 1 aliphatic heterocycles. The molecule has 0 radical (unpaired) electrons. The molecule has 0 bridgehead atoms. The summed E-state index contributed by atoms with van der Waals surface area (Å²) in [6, 6.07) is 2.18. The summed E-state index contributed by atoms with van der Waals surface area (Å²) in [6.45, 7) is 4.18. The average Bonchev–Trinajstić information content (AvgIpc) is 2.97. The molecule has 1 aromatic carbocycles. The molecule has 1 saturated heterocycles. The number of hydrogen-bond acceptors (Lipinski definition) is 4. The van der Waals surface area contributed by atoms with E-state index in [4.69, 9.17) is 4.74 Å². The summed E-state index contributed by atoms with van der Waals surface area (Å²) in [6.07, 6.45) is 0. The van der Waals surface area contributed by atoms with Crippen molar-refractivity contribution >= 4 is 5.91 Å². The van der Waals surface area contributed by atoms with E-state index in [2.05, 4.69) is 4.90 Å². The number of rotatable bonds is 6. The fourth-order valence-electron chi connectivity index (χ4n) is 3.09. The number of likely N-dealkylation sites (tertiary alicyclic amines) is 1. The Morgan fingerprint density at radius 1 is 1.38 bits per heavy atom. The van der Waals surface area contributed by atoms with Gasteiger partial charge in [0.1, 0.15) is 11.4 Å². The monoisotopic (exact) mass is 342 g/mol. The molecule has 1 aliphatic rings. The first-order chi connectivity index (χ1) is 11.4. The third-order valence-electron chi connectivity index (χ3n) is 4.67. The first-order valence-electron chi connectivity index (χ1n) is 8.03. The highest BCUT2D eigenvalue weighted by atomic mass is 19.1. The van der Waals surface area contributed by atoms with Gasteiger partial charge in [-0.25, -0.2) is 8.78 Å². The fourth-order valence-corrected chi connectivity index (χ4v) is 3.09. The van der Waals surface area contributed by atoms with Crippen molar-refractivity contribution in [1.82, 2.24) is 9.80 Å². The van der Waals surface area contributed by atoms with Crippen LogP contribution in [0.25, 0.3) is 0 Å². The van der Waals surface area contributed by atoms with E-state index in [-0.39, 0.29) is 30.7 Å². The Bertz CT molecular complexity index is 597. The minimum absolute atomic E-state index is 0.0604. The third kappa shape index (κ3) is 3.67. The fraction of sp³-hybridized carbons (Fsp3) is 0.588. The molecule has 134 valence electrons. The van der Waals surface area contributed by atoms with E-state index >= 15 is 0 Å². The maximum Gasteiger partial charge on any atom is 0.259 e. The van der Waals surface area contributed by atoms with Gasteiger partial charge in [0.25, 0.3) is 5.91 Å². The van der Waals surface area contributed by atoms with Crippen molar-refractivity contribution in [3.63, 3.8) is 0 Å². The molecule has 1 fully saturated rings. The molecule has 24 heavy (non-hydrogen) atoms. The van der Waals surface area contributed by atoms with Crippen LogP contribution >= 0.6 is 0 Å². The lowest BCUT2D eigenvalue weighted by Crippen LogP contribution is -2.32. The van der Waals surface area contributed by atoms with Crippen LogP contribution in [-0.2, 0) is 0 Å². The van der Waals surface area contributed by atoms with Crippen molar-refractivity contribution in [2.24, 2.45) is 11.8 Å². The zero-order chi connectivity index (χ0) is 17.9. The van der Waals surface area contributed by atoms with Gasteiger partial charge < -0.3 is 19.6 Å². The molecule has 0 spiro atoms. The van der Waals surface area contributed by atoms with Crippen LogP contribution < -0.4 is 4.74 Å². The molecular formula is C17H24F2N2O3. The van der Waals surface area contributed by atoms with Gasteiger partial charge in [-0.15, -0.1) is 0 Å². The Labute approximate surface area is 140 Å². The van der Waals surface area contributed by atoms with Gasteiger partial charge in [-0.1, -0.05) is 6.92 Å². The smallest absolute Gasteiger partial charge is 0.259 e. The van der Waals surface area contributed by atoms with Crippen LogP contribution in [-0.4, -0.2) is 67.8 Å². The molecule has 2 atom stereocenters. The normalized spacial score (nSPS) is 20.7. The second-order valence-corrected chi connectivity index (χ2v) is 6.21. The van der Waals surface area contributed by atoms with Gasteiger partial charge in [-0.05, 0) is 31.6 Å². The standard InChI is InChI=1S/C17H24F2N2O3/c1-4-20(2)7-11-8-21(9-12(11)10-22)17(23)15-13(18)5-6-14(24-3)16(15)19/h5-6,11-12,22H,4,7-10H2,1-3H3/t11-,12-/m1/s1. The Hall–Kier alpha value is -1.73. The lowest BCUT2D eigenvalue weighted by atomic mass is 9.96. The third-order valence-corrected chi connectivity index (χ3v) is 4.67. The van der Waals surface area contributed by atoms with Gasteiger partial charge in [-0.3, -0.25) is 4.79 Å². The zero-order valence-electron chi connectivity index (χ0n) is 14.3. The molecule has 7 heteroatoms. The topological polar surface area (TPSA) is 53.0 Å². The van der Waals surface area contributed by atoms with Crippen LogP contribution in [0.15, 0.2) is 12.1 Å². The predicted molar refractivity (Wildman–Crippen MR) is 86.1 cm³/mol. The van der Waals surface area contributed by atoms with E-state index in [1.165, 1.54) is 12.0 Å². The number of ether oxygens (including phenoxy) is 1. The highest BCUT2D eigenvalue weighted by Crippen LogP contribution is 2.29. The first-order valence-corrected chi connectivity index (χ1v) is 8.03. The van der Waals surface area contributed by atoms with Crippen molar-refractivity contribution in [2.45, 2.75) is 6.92 Å². The van der Waals surface area contributed by atoms with Crippen LogP contribution in [0.3, 0.4) is 0 Å². The molecule has 1 aromatic rings. The van der Waals surface area contributed by atoms with Crippen LogP contribution in [0.2, 0.25) is 0 Å². The van der Waals surface area contributed by atoms with Crippen LogP contribution in [0.1, 0.15) is 17.3 Å². The van der Waals surface area contributed by atoms with Crippen LogP contribution in [0, 0.1) is 23.5 Å². The maximum absolute atomic E-state index is 14.3.